The van der Waals surface area contributed by atoms with Crippen LogP contribution in [0.2, 0.25) is 5.02 Å². The van der Waals surface area contributed by atoms with E-state index in [2.05, 4.69) is 5.32 Å². The monoisotopic (exact) mass is 356 g/mol. The summed E-state index contributed by atoms with van der Waals surface area (Å²) < 4.78 is 15.1. The molecule has 0 aliphatic rings. The average molecular weight is 357 g/mol. The van der Waals surface area contributed by atoms with Crippen molar-refractivity contribution in [1.82, 2.24) is 4.57 Å². The van der Waals surface area contributed by atoms with Gasteiger partial charge in [0.2, 0.25) is 0 Å². The van der Waals surface area contributed by atoms with Crippen molar-refractivity contribution in [1.29, 1.82) is 0 Å². The van der Waals surface area contributed by atoms with Crippen LogP contribution in [0.25, 0.3) is 0 Å². The van der Waals surface area contributed by atoms with E-state index in [0.29, 0.717) is 16.3 Å². The normalized spacial score (nSPS) is 10.5. The van der Waals surface area contributed by atoms with Crippen LogP contribution in [0, 0.1) is 5.82 Å². The summed E-state index contributed by atoms with van der Waals surface area (Å²) in [4.78, 5) is 24.4. The molecule has 4 nitrogen and oxygen atoms in total. The topological polar surface area (TPSA) is 51.1 Å². The highest BCUT2D eigenvalue weighted by atomic mass is 35.5. The Labute approximate surface area is 148 Å². The molecule has 0 aliphatic heterocycles. The fourth-order valence-corrected chi connectivity index (χ4v) is 2.54. The predicted octanol–water partition coefficient (Wildman–Crippen LogP) is 3.94. The number of nitrogens with zero attached hydrogens (tertiary/aromatic N) is 1. The van der Waals surface area contributed by atoms with E-state index in [1.54, 1.807) is 42.5 Å². The third-order valence-electron chi connectivity index (χ3n) is 3.67. The Balaban J connectivity index is 1.86. The fourth-order valence-electron chi connectivity index (χ4n) is 2.36. The molecule has 0 saturated carbocycles. The highest BCUT2D eigenvalue weighted by molar-refractivity contribution is 6.33. The summed E-state index contributed by atoms with van der Waals surface area (Å²) in [5, 5.41) is 3.10. The number of rotatable bonds is 4. The summed E-state index contributed by atoms with van der Waals surface area (Å²) >= 11 is 6.03. The Morgan fingerprint density at radius 1 is 1.04 bits per heavy atom. The second kappa shape index (κ2) is 7.32. The number of para-hydroxylation sites is 1. The van der Waals surface area contributed by atoms with Gasteiger partial charge in [-0.2, -0.15) is 0 Å². The zero-order chi connectivity index (χ0) is 17.8. The molecule has 0 saturated heterocycles. The SMILES string of the molecule is O=C(Nc1ccccc1Cl)c1ccc(=O)n(Cc2ccccc2F)c1. The van der Waals surface area contributed by atoms with Crippen molar-refractivity contribution >= 4 is 23.2 Å². The van der Waals surface area contributed by atoms with E-state index in [4.69, 9.17) is 11.6 Å². The molecule has 0 atom stereocenters. The Morgan fingerprint density at radius 3 is 2.52 bits per heavy atom. The summed E-state index contributed by atoms with van der Waals surface area (Å²) in [6, 6.07) is 15.7. The van der Waals surface area contributed by atoms with Gasteiger partial charge in [-0.1, -0.05) is 41.9 Å². The molecule has 0 radical (unpaired) electrons. The minimum absolute atomic E-state index is 0.0404. The van der Waals surface area contributed by atoms with Crippen molar-refractivity contribution in [3.63, 3.8) is 0 Å². The first-order valence-corrected chi connectivity index (χ1v) is 7.92. The van der Waals surface area contributed by atoms with Crippen molar-refractivity contribution in [3.05, 3.63) is 99.2 Å². The minimum atomic E-state index is -0.407. The quantitative estimate of drug-likeness (QED) is 0.769. The van der Waals surface area contributed by atoms with E-state index in [1.807, 2.05) is 0 Å². The molecule has 0 spiro atoms. The molecular formula is C19H14ClFN2O2. The van der Waals surface area contributed by atoms with Gasteiger partial charge < -0.3 is 9.88 Å². The summed E-state index contributed by atoms with van der Waals surface area (Å²) in [6.07, 6.45) is 1.40. The first-order chi connectivity index (χ1) is 12.0. The minimum Gasteiger partial charge on any atom is -0.321 e. The molecule has 1 N–H and O–H groups in total. The predicted molar refractivity (Wildman–Crippen MR) is 95.6 cm³/mol. The lowest BCUT2D eigenvalue weighted by atomic mass is 10.2. The molecule has 3 rings (SSSR count). The second-order valence-electron chi connectivity index (χ2n) is 5.41. The molecule has 0 aliphatic carbocycles. The van der Waals surface area contributed by atoms with Gasteiger partial charge in [-0.3, -0.25) is 9.59 Å². The van der Waals surface area contributed by atoms with Crippen LogP contribution in [-0.2, 0) is 6.54 Å². The van der Waals surface area contributed by atoms with E-state index in [1.165, 1.54) is 29.0 Å². The summed E-state index contributed by atoms with van der Waals surface area (Å²) in [7, 11) is 0. The Morgan fingerprint density at radius 2 is 1.76 bits per heavy atom. The van der Waals surface area contributed by atoms with Gasteiger partial charge in [0.25, 0.3) is 11.5 Å². The fraction of sp³-hybridized carbons (Fsp3) is 0.0526. The molecule has 1 aromatic heterocycles. The zero-order valence-electron chi connectivity index (χ0n) is 13.1. The van der Waals surface area contributed by atoms with Crippen molar-refractivity contribution in [2.75, 3.05) is 5.32 Å². The van der Waals surface area contributed by atoms with Gasteiger partial charge in [-0.05, 0) is 24.3 Å². The summed E-state index contributed by atoms with van der Waals surface area (Å²) in [6.45, 7) is 0.0404. The Hall–Kier alpha value is -2.92. The van der Waals surface area contributed by atoms with Gasteiger partial charge >= 0.3 is 0 Å². The van der Waals surface area contributed by atoms with Gasteiger partial charge in [0.1, 0.15) is 5.82 Å². The van der Waals surface area contributed by atoms with Gasteiger partial charge in [0.05, 0.1) is 22.8 Å². The van der Waals surface area contributed by atoms with E-state index in [9.17, 15) is 14.0 Å². The number of aromatic nitrogens is 1. The van der Waals surface area contributed by atoms with Crippen molar-refractivity contribution in [3.8, 4) is 0 Å². The van der Waals surface area contributed by atoms with Crippen LogP contribution in [0.4, 0.5) is 10.1 Å². The summed E-state index contributed by atoms with van der Waals surface area (Å²) in [5.41, 5.74) is 0.794. The van der Waals surface area contributed by atoms with Crippen LogP contribution >= 0.6 is 11.6 Å². The number of halogens is 2. The molecule has 126 valence electrons. The van der Waals surface area contributed by atoms with Crippen LogP contribution in [-0.4, -0.2) is 10.5 Å². The largest absolute Gasteiger partial charge is 0.321 e. The number of hydrogen-bond acceptors (Lipinski definition) is 2. The third kappa shape index (κ3) is 3.95. The maximum Gasteiger partial charge on any atom is 0.257 e. The number of carbonyl (C=O) groups excluding carboxylic acids is 1. The highest BCUT2D eigenvalue weighted by Gasteiger charge is 2.11. The van der Waals surface area contributed by atoms with Gasteiger partial charge in [-0.15, -0.1) is 0 Å². The molecule has 0 fully saturated rings. The number of pyridine rings is 1. The molecule has 25 heavy (non-hydrogen) atoms. The number of hydrogen-bond donors (Lipinski definition) is 1. The smallest absolute Gasteiger partial charge is 0.257 e. The van der Waals surface area contributed by atoms with Gasteiger partial charge in [0, 0.05) is 17.8 Å². The van der Waals surface area contributed by atoms with E-state index < -0.39 is 11.7 Å². The molecule has 6 heteroatoms. The average Bonchev–Trinajstić information content (AvgIpc) is 2.60. The first kappa shape index (κ1) is 16.9. The number of carbonyl (C=O) groups is 1. The first-order valence-electron chi connectivity index (χ1n) is 7.54. The molecule has 2 aromatic carbocycles. The number of benzene rings is 2. The molecule has 0 bridgehead atoms. The molecular weight excluding hydrogens is 343 g/mol. The van der Waals surface area contributed by atoms with Crippen molar-refractivity contribution in [2.45, 2.75) is 6.54 Å². The number of amides is 1. The van der Waals surface area contributed by atoms with Crippen molar-refractivity contribution < 1.29 is 9.18 Å². The lowest BCUT2D eigenvalue weighted by molar-refractivity contribution is 0.102. The van der Waals surface area contributed by atoms with Gasteiger partial charge in [-0.25, -0.2) is 4.39 Å². The van der Waals surface area contributed by atoms with Crippen LogP contribution in [0.3, 0.4) is 0 Å². The van der Waals surface area contributed by atoms with Crippen LogP contribution < -0.4 is 10.9 Å². The Bertz CT molecular complexity index is 985. The maximum atomic E-state index is 13.8. The van der Waals surface area contributed by atoms with E-state index in [0.717, 1.165) is 0 Å². The Kier molecular flexibility index (Phi) is 4.95. The molecule has 3 aromatic rings. The van der Waals surface area contributed by atoms with E-state index in [-0.39, 0.29) is 17.7 Å². The third-order valence-corrected chi connectivity index (χ3v) is 4.00. The standard InChI is InChI=1S/C19H14ClFN2O2/c20-15-6-2-4-8-17(15)22-19(25)14-9-10-18(24)23(12-14)11-13-5-1-3-7-16(13)21/h1-10,12H,11H2,(H,22,25). The van der Waals surface area contributed by atoms with Crippen LogP contribution in [0.15, 0.2) is 71.7 Å². The lowest BCUT2D eigenvalue weighted by Crippen LogP contribution is -2.23. The second-order valence-corrected chi connectivity index (χ2v) is 5.82. The summed E-state index contributed by atoms with van der Waals surface area (Å²) in [5.74, 6) is -0.810. The zero-order valence-corrected chi connectivity index (χ0v) is 13.8. The maximum absolute atomic E-state index is 13.8. The van der Waals surface area contributed by atoms with Crippen LogP contribution in [0.5, 0.6) is 0 Å². The highest BCUT2D eigenvalue weighted by Crippen LogP contribution is 2.21. The molecule has 1 amide bonds. The van der Waals surface area contributed by atoms with E-state index >= 15 is 0 Å². The van der Waals surface area contributed by atoms with Gasteiger partial charge in [0.15, 0.2) is 0 Å². The van der Waals surface area contributed by atoms with Crippen LogP contribution in [0.1, 0.15) is 15.9 Å². The molecule has 0 unspecified atom stereocenters. The lowest BCUT2D eigenvalue weighted by Gasteiger charge is -2.10. The molecule has 1 heterocycles. The number of nitrogens with one attached hydrogen (secondary N) is 1. The number of anilines is 1. The van der Waals surface area contributed by atoms with Crippen molar-refractivity contribution in [2.24, 2.45) is 0 Å².